The summed E-state index contributed by atoms with van der Waals surface area (Å²) in [5, 5.41) is 2.34. The summed E-state index contributed by atoms with van der Waals surface area (Å²) < 4.78 is 16.9. The summed E-state index contributed by atoms with van der Waals surface area (Å²) in [6.07, 6.45) is 2.82. The van der Waals surface area contributed by atoms with Crippen molar-refractivity contribution < 1.29 is 23.5 Å². The van der Waals surface area contributed by atoms with E-state index in [1.165, 1.54) is 5.56 Å². The van der Waals surface area contributed by atoms with Crippen molar-refractivity contribution in [3.63, 3.8) is 0 Å². The summed E-state index contributed by atoms with van der Waals surface area (Å²) in [6.45, 7) is 2.96. The summed E-state index contributed by atoms with van der Waals surface area (Å²) in [4.78, 5) is 40.5. The number of halogens is 1. The molecule has 9 heteroatoms. The van der Waals surface area contributed by atoms with Gasteiger partial charge in [0.2, 0.25) is 11.8 Å². The van der Waals surface area contributed by atoms with E-state index in [4.69, 9.17) is 4.74 Å². The number of piperidine rings is 2. The maximum atomic E-state index is 12.9. The Kier molecular flexibility index (Phi) is 8.66. The standard InChI is InChI=1S/C25H27N3O4.C2H6FN/c29-23-11-10-22(24(30)26-23)28-15-18-13-19(8-9-21(18)25(28)31)32-20-7-4-12-27(16-20)14-17-5-2-1-3-6-17;3-1-2-4/h1-3,5-6,8-9,13,20,22H,4,7,10-12,14-16H2,(H,26,29,30);1-2,4H2. The zero-order chi connectivity index (χ0) is 25.5. The average Bonchev–Trinajstić information content (AvgIpc) is 3.20. The number of likely N-dealkylation sites (tertiary alicyclic amines) is 1. The summed E-state index contributed by atoms with van der Waals surface area (Å²) in [6, 6.07) is 15.4. The van der Waals surface area contributed by atoms with E-state index >= 15 is 0 Å². The minimum atomic E-state index is -0.596. The fraction of sp³-hybridized carbons (Fsp3) is 0.444. The number of amides is 3. The lowest BCUT2D eigenvalue weighted by Gasteiger charge is -2.33. The monoisotopic (exact) mass is 496 g/mol. The van der Waals surface area contributed by atoms with Gasteiger partial charge in [0, 0.05) is 38.2 Å². The molecule has 2 saturated heterocycles. The molecule has 3 N–H and O–H groups in total. The lowest BCUT2D eigenvalue weighted by Crippen LogP contribution is -2.52. The van der Waals surface area contributed by atoms with Gasteiger partial charge < -0.3 is 15.4 Å². The molecule has 2 fully saturated rings. The van der Waals surface area contributed by atoms with Gasteiger partial charge in [-0.15, -0.1) is 0 Å². The lowest BCUT2D eigenvalue weighted by molar-refractivity contribution is -0.136. The highest BCUT2D eigenvalue weighted by Crippen LogP contribution is 2.31. The highest BCUT2D eigenvalue weighted by molar-refractivity contribution is 6.05. The van der Waals surface area contributed by atoms with Crippen molar-refractivity contribution in [3.8, 4) is 5.75 Å². The first-order valence-corrected chi connectivity index (χ1v) is 12.4. The molecule has 0 saturated carbocycles. The number of imide groups is 1. The van der Waals surface area contributed by atoms with Gasteiger partial charge in [0.25, 0.3) is 5.91 Å². The molecular weight excluding hydrogens is 463 g/mol. The van der Waals surface area contributed by atoms with Crippen molar-refractivity contribution in [2.24, 2.45) is 5.73 Å². The largest absolute Gasteiger partial charge is 0.489 e. The number of fused-ring (bicyclic) bond motifs is 1. The van der Waals surface area contributed by atoms with Crippen LogP contribution in [0.5, 0.6) is 5.75 Å². The van der Waals surface area contributed by atoms with Crippen molar-refractivity contribution in [2.75, 3.05) is 26.3 Å². The molecule has 0 aliphatic carbocycles. The van der Waals surface area contributed by atoms with Gasteiger partial charge in [0.15, 0.2) is 0 Å². The molecule has 3 aliphatic heterocycles. The van der Waals surface area contributed by atoms with Crippen molar-refractivity contribution >= 4 is 17.7 Å². The van der Waals surface area contributed by atoms with E-state index in [0.29, 0.717) is 18.5 Å². The first kappa shape index (κ1) is 25.8. The number of nitrogens with zero attached hydrogens (tertiary/aromatic N) is 2. The Morgan fingerprint density at radius 3 is 2.58 bits per heavy atom. The molecule has 5 rings (SSSR count). The third-order valence-electron chi connectivity index (χ3n) is 6.62. The zero-order valence-corrected chi connectivity index (χ0v) is 20.3. The highest BCUT2D eigenvalue weighted by Gasteiger charge is 2.39. The molecule has 0 radical (unpaired) electrons. The molecule has 0 bridgehead atoms. The predicted molar refractivity (Wildman–Crippen MR) is 133 cm³/mol. The van der Waals surface area contributed by atoms with Gasteiger partial charge in [-0.2, -0.15) is 0 Å². The SMILES string of the molecule is NCCF.O=C1CCC(N2Cc3cc(OC4CCCN(Cc5ccccc5)C4)ccc3C2=O)C(=O)N1. The molecular formula is C27H33FN4O4. The van der Waals surface area contributed by atoms with Crippen LogP contribution in [-0.2, 0) is 22.7 Å². The molecule has 2 atom stereocenters. The third-order valence-corrected chi connectivity index (χ3v) is 6.62. The molecule has 2 unspecified atom stereocenters. The molecule has 192 valence electrons. The number of carbonyl (C=O) groups is 3. The van der Waals surface area contributed by atoms with Crippen LogP contribution >= 0.6 is 0 Å². The second kappa shape index (κ2) is 12.1. The molecule has 8 nitrogen and oxygen atoms in total. The van der Waals surface area contributed by atoms with E-state index in [9.17, 15) is 18.8 Å². The summed E-state index contributed by atoms with van der Waals surface area (Å²) in [5.74, 6) is -0.0690. The number of alkyl halides is 1. The summed E-state index contributed by atoms with van der Waals surface area (Å²) >= 11 is 0. The summed E-state index contributed by atoms with van der Waals surface area (Å²) in [5.41, 5.74) is 7.43. The Bertz CT molecular complexity index is 1080. The number of benzene rings is 2. The number of hydrogen-bond acceptors (Lipinski definition) is 6. The average molecular weight is 497 g/mol. The van der Waals surface area contributed by atoms with E-state index in [-0.39, 0.29) is 36.8 Å². The van der Waals surface area contributed by atoms with Gasteiger partial charge in [-0.1, -0.05) is 30.3 Å². The lowest BCUT2D eigenvalue weighted by atomic mass is 10.0. The van der Waals surface area contributed by atoms with Gasteiger partial charge >= 0.3 is 0 Å². The predicted octanol–water partition coefficient (Wildman–Crippen LogP) is 2.41. The van der Waals surface area contributed by atoms with Crippen molar-refractivity contribution in [2.45, 2.75) is 50.9 Å². The van der Waals surface area contributed by atoms with E-state index in [0.717, 1.165) is 43.8 Å². The van der Waals surface area contributed by atoms with Gasteiger partial charge in [0.1, 0.15) is 24.6 Å². The van der Waals surface area contributed by atoms with Crippen LogP contribution in [0.15, 0.2) is 48.5 Å². The van der Waals surface area contributed by atoms with Crippen LogP contribution in [-0.4, -0.2) is 66.0 Å². The maximum Gasteiger partial charge on any atom is 0.255 e. The Labute approximate surface area is 210 Å². The van der Waals surface area contributed by atoms with Crippen molar-refractivity contribution in [1.29, 1.82) is 0 Å². The van der Waals surface area contributed by atoms with Gasteiger partial charge in [0.05, 0.1) is 0 Å². The fourth-order valence-electron chi connectivity index (χ4n) is 4.91. The van der Waals surface area contributed by atoms with Crippen LogP contribution in [0.2, 0.25) is 0 Å². The van der Waals surface area contributed by atoms with E-state index < -0.39 is 12.7 Å². The van der Waals surface area contributed by atoms with Crippen LogP contribution in [0.25, 0.3) is 0 Å². The smallest absolute Gasteiger partial charge is 0.255 e. The zero-order valence-electron chi connectivity index (χ0n) is 20.3. The van der Waals surface area contributed by atoms with E-state index in [2.05, 4.69) is 40.2 Å². The maximum absolute atomic E-state index is 12.9. The second-order valence-corrected chi connectivity index (χ2v) is 9.30. The Hall–Kier alpha value is -3.30. The molecule has 36 heavy (non-hydrogen) atoms. The first-order chi connectivity index (χ1) is 17.5. The molecule has 3 heterocycles. The number of nitrogens with one attached hydrogen (secondary N) is 1. The van der Waals surface area contributed by atoms with Crippen LogP contribution < -0.4 is 15.8 Å². The van der Waals surface area contributed by atoms with Crippen molar-refractivity contribution in [1.82, 2.24) is 15.1 Å². The van der Waals surface area contributed by atoms with Gasteiger partial charge in [-0.3, -0.25) is 24.6 Å². The minimum Gasteiger partial charge on any atom is -0.489 e. The topological polar surface area (TPSA) is 105 Å². The Morgan fingerprint density at radius 2 is 1.86 bits per heavy atom. The van der Waals surface area contributed by atoms with Gasteiger partial charge in [-0.05, 0) is 55.1 Å². The molecule has 0 spiro atoms. The van der Waals surface area contributed by atoms with Crippen LogP contribution in [0.1, 0.15) is 47.2 Å². The number of nitrogens with two attached hydrogens (primary N) is 1. The molecule has 3 aliphatic rings. The van der Waals surface area contributed by atoms with Gasteiger partial charge in [-0.25, -0.2) is 4.39 Å². The summed E-state index contributed by atoms with van der Waals surface area (Å²) in [7, 11) is 0. The fourth-order valence-corrected chi connectivity index (χ4v) is 4.91. The first-order valence-electron chi connectivity index (χ1n) is 12.4. The quantitative estimate of drug-likeness (QED) is 0.595. The second-order valence-electron chi connectivity index (χ2n) is 9.30. The number of hydrogen-bond donors (Lipinski definition) is 2. The molecule has 2 aromatic rings. The van der Waals surface area contributed by atoms with E-state index in [1.807, 2.05) is 18.2 Å². The van der Waals surface area contributed by atoms with E-state index in [1.54, 1.807) is 11.0 Å². The number of rotatable bonds is 6. The number of carbonyl (C=O) groups excluding carboxylic acids is 3. The Balaban J connectivity index is 0.000000709. The van der Waals surface area contributed by atoms with Crippen LogP contribution in [0.4, 0.5) is 4.39 Å². The normalized spacial score (nSPS) is 21.9. The number of ether oxygens (including phenoxy) is 1. The van der Waals surface area contributed by atoms with Crippen molar-refractivity contribution in [3.05, 3.63) is 65.2 Å². The van der Waals surface area contributed by atoms with Crippen LogP contribution in [0.3, 0.4) is 0 Å². The Morgan fingerprint density at radius 1 is 1.08 bits per heavy atom. The van der Waals surface area contributed by atoms with Crippen LogP contribution in [0, 0.1) is 0 Å². The molecule has 0 aromatic heterocycles. The molecule has 3 amide bonds. The minimum absolute atomic E-state index is 0.105. The third kappa shape index (κ3) is 6.27. The molecule has 2 aromatic carbocycles. The highest BCUT2D eigenvalue weighted by atomic mass is 19.1.